The Kier molecular flexibility index (Phi) is 5.36. The standard InChI is InChI=1S/C17H18BrNO/c1-13-4-2-5-14(8-13)10-17(20)19-12-16-7-3-6-15(9-16)11-18/h2-9H,10-12H2,1H3,(H,19,20). The van der Waals surface area contributed by atoms with Crippen LogP contribution in [0.5, 0.6) is 0 Å². The van der Waals surface area contributed by atoms with Gasteiger partial charge in [-0.1, -0.05) is 70.0 Å². The summed E-state index contributed by atoms with van der Waals surface area (Å²) in [6, 6.07) is 16.2. The van der Waals surface area contributed by atoms with Crippen LogP contribution in [0.1, 0.15) is 22.3 Å². The molecule has 3 heteroatoms. The van der Waals surface area contributed by atoms with Crippen LogP contribution in [0.2, 0.25) is 0 Å². The maximum absolute atomic E-state index is 11.9. The van der Waals surface area contributed by atoms with Crippen LogP contribution in [0.15, 0.2) is 48.5 Å². The van der Waals surface area contributed by atoms with Crippen molar-refractivity contribution < 1.29 is 4.79 Å². The number of carbonyl (C=O) groups excluding carboxylic acids is 1. The summed E-state index contributed by atoms with van der Waals surface area (Å²) in [4.78, 5) is 11.9. The molecule has 20 heavy (non-hydrogen) atoms. The van der Waals surface area contributed by atoms with E-state index in [-0.39, 0.29) is 5.91 Å². The van der Waals surface area contributed by atoms with Crippen LogP contribution in [0, 0.1) is 6.92 Å². The molecule has 0 aromatic heterocycles. The van der Waals surface area contributed by atoms with Crippen molar-refractivity contribution in [3.8, 4) is 0 Å². The van der Waals surface area contributed by atoms with Gasteiger partial charge in [0.1, 0.15) is 0 Å². The Labute approximate surface area is 128 Å². The summed E-state index contributed by atoms with van der Waals surface area (Å²) < 4.78 is 0. The Morgan fingerprint density at radius 2 is 1.75 bits per heavy atom. The number of aryl methyl sites for hydroxylation is 1. The summed E-state index contributed by atoms with van der Waals surface area (Å²) in [5.74, 6) is 0.0554. The summed E-state index contributed by atoms with van der Waals surface area (Å²) in [5.41, 5.74) is 4.58. The topological polar surface area (TPSA) is 29.1 Å². The molecule has 0 saturated heterocycles. The van der Waals surface area contributed by atoms with Crippen LogP contribution in [0.25, 0.3) is 0 Å². The van der Waals surface area contributed by atoms with Crippen LogP contribution in [-0.2, 0) is 23.1 Å². The summed E-state index contributed by atoms with van der Waals surface area (Å²) >= 11 is 3.44. The summed E-state index contributed by atoms with van der Waals surface area (Å²) in [6.07, 6.45) is 0.430. The predicted molar refractivity (Wildman–Crippen MR) is 85.8 cm³/mol. The first-order chi connectivity index (χ1) is 9.67. The van der Waals surface area contributed by atoms with Crippen molar-refractivity contribution in [3.63, 3.8) is 0 Å². The molecule has 0 fully saturated rings. The minimum absolute atomic E-state index is 0.0554. The second-order valence-corrected chi connectivity index (χ2v) is 5.46. The molecule has 104 valence electrons. The molecule has 0 aliphatic rings. The van der Waals surface area contributed by atoms with Gasteiger partial charge in [0.15, 0.2) is 0 Å². The van der Waals surface area contributed by atoms with Crippen LogP contribution in [-0.4, -0.2) is 5.91 Å². The highest BCUT2D eigenvalue weighted by atomic mass is 79.9. The van der Waals surface area contributed by atoms with Crippen molar-refractivity contribution >= 4 is 21.8 Å². The van der Waals surface area contributed by atoms with E-state index >= 15 is 0 Å². The van der Waals surface area contributed by atoms with Gasteiger partial charge in [0.05, 0.1) is 6.42 Å². The second-order valence-electron chi connectivity index (χ2n) is 4.90. The molecule has 0 unspecified atom stereocenters. The number of carbonyl (C=O) groups is 1. The van der Waals surface area contributed by atoms with E-state index in [0.29, 0.717) is 13.0 Å². The van der Waals surface area contributed by atoms with Gasteiger partial charge >= 0.3 is 0 Å². The van der Waals surface area contributed by atoms with Gasteiger partial charge in [-0.2, -0.15) is 0 Å². The van der Waals surface area contributed by atoms with E-state index in [1.807, 2.05) is 43.3 Å². The van der Waals surface area contributed by atoms with Crippen LogP contribution >= 0.6 is 15.9 Å². The fourth-order valence-electron chi connectivity index (χ4n) is 2.09. The number of halogens is 1. The number of amides is 1. The van der Waals surface area contributed by atoms with Gasteiger partial charge in [0, 0.05) is 11.9 Å². The Balaban J connectivity index is 1.88. The molecule has 2 aromatic rings. The molecular formula is C17H18BrNO. The van der Waals surface area contributed by atoms with E-state index in [2.05, 4.69) is 33.4 Å². The van der Waals surface area contributed by atoms with Crippen molar-refractivity contribution in [2.45, 2.75) is 25.2 Å². The molecule has 0 spiro atoms. The number of hydrogen-bond acceptors (Lipinski definition) is 1. The van der Waals surface area contributed by atoms with E-state index in [9.17, 15) is 4.79 Å². The van der Waals surface area contributed by atoms with Crippen molar-refractivity contribution in [3.05, 3.63) is 70.8 Å². The normalized spacial score (nSPS) is 10.3. The number of alkyl halides is 1. The first-order valence-electron chi connectivity index (χ1n) is 6.63. The Hall–Kier alpha value is -1.61. The van der Waals surface area contributed by atoms with Crippen molar-refractivity contribution in [2.24, 2.45) is 0 Å². The lowest BCUT2D eigenvalue weighted by Gasteiger charge is -2.07. The van der Waals surface area contributed by atoms with Crippen LogP contribution < -0.4 is 5.32 Å². The second kappa shape index (κ2) is 7.25. The molecule has 2 rings (SSSR count). The molecule has 1 amide bonds. The number of hydrogen-bond donors (Lipinski definition) is 1. The van der Waals surface area contributed by atoms with E-state index < -0.39 is 0 Å². The lowest BCUT2D eigenvalue weighted by atomic mass is 10.1. The number of benzene rings is 2. The molecule has 0 bridgehead atoms. The highest BCUT2D eigenvalue weighted by Gasteiger charge is 2.03. The third kappa shape index (κ3) is 4.49. The largest absolute Gasteiger partial charge is 0.352 e. The zero-order valence-electron chi connectivity index (χ0n) is 11.5. The van der Waals surface area contributed by atoms with Crippen molar-refractivity contribution in [2.75, 3.05) is 0 Å². The van der Waals surface area contributed by atoms with Gasteiger partial charge in [-0.05, 0) is 23.6 Å². The van der Waals surface area contributed by atoms with Gasteiger partial charge in [-0.15, -0.1) is 0 Å². The molecule has 0 saturated carbocycles. The Bertz CT molecular complexity index is 595. The maximum Gasteiger partial charge on any atom is 0.224 e. The first-order valence-corrected chi connectivity index (χ1v) is 7.75. The van der Waals surface area contributed by atoms with Crippen molar-refractivity contribution in [1.29, 1.82) is 0 Å². The molecule has 2 nitrogen and oxygen atoms in total. The third-order valence-corrected chi connectivity index (χ3v) is 3.73. The summed E-state index contributed by atoms with van der Waals surface area (Å²) in [6.45, 7) is 2.61. The summed E-state index contributed by atoms with van der Waals surface area (Å²) in [7, 11) is 0. The lowest BCUT2D eigenvalue weighted by Crippen LogP contribution is -2.24. The van der Waals surface area contributed by atoms with Gasteiger partial charge in [-0.3, -0.25) is 4.79 Å². The van der Waals surface area contributed by atoms with Gasteiger partial charge < -0.3 is 5.32 Å². The van der Waals surface area contributed by atoms with E-state index in [1.165, 1.54) is 11.1 Å². The minimum Gasteiger partial charge on any atom is -0.352 e. The minimum atomic E-state index is 0.0554. The SMILES string of the molecule is Cc1cccc(CC(=O)NCc2cccc(CBr)c2)c1. The fraction of sp³-hybridized carbons (Fsp3) is 0.235. The number of nitrogens with one attached hydrogen (secondary N) is 1. The molecule has 0 aliphatic heterocycles. The van der Waals surface area contributed by atoms with Crippen LogP contribution in [0.4, 0.5) is 0 Å². The lowest BCUT2D eigenvalue weighted by molar-refractivity contribution is -0.120. The van der Waals surface area contributed by atoms with E-state index in [1.54, 1.807) is 0 Å². The van der Waals surface area contributed by atoms with Gasteiger partial charge in [0.2, 0.25) is 5.91 Å². The molecule has 0 heterocycles. The van der Waals surface area contributed by atoms with Gasteiger partial charge in [0.25, 0.3) is 0 Å². The van der Waals surface area contributed by atoms with E-state index in [0.717, 1.165) is 16.5 Å². The monoisotopic (exact) mass is 331 g/mol. The Morgan fingerprint density at radius 3 is 2.50 bits per heavy atom. The first kappa shape index (κ1) is 14.8. The maximum atomic E-state index is 11.9. The Morgan fingerprint density at radius 1 is 1.05 bits per heavy atom. The quantitative estimate of drug-likeness (QED) is 0.830. The van der Waals surface area contributed by atoms with Crippen molar-refractivity contribution in [1.82, 2.24) is 5.32 Å². The molecule has 1 N–H and O–H groups in total. The average molecular weight is 332 g/mol. The highest BCUT2D eigenvalue weighted by Crippen LogP contribution is 2.09. The summed E-state index contributed by atoms with van der Waals surface area (Å²) in [5, 5.41) is 3.80. The average Bonchev–Trinajstić information content (AvgIpc) is 2.45. The van der Waals surface area contributed by atoms with E-state index in [4.69, 9.17) is 0 Å². The molecule has 0 aliphatic carbocycles. The zero-order valence-corrected chi connectivity index (χ0v) is 13.1. The van der Waals surface area contributed by atoms with Crippen LogP contribution in [0.3, 0.4) is 0 Å². The fourth-order valence-corrected chi connectivity index (χ4v) is 2.44. The molecule has 0 atom stereocenters. The number of rotatable bonds is 5. The van der Waals surface area contributed by atoms with Gasteiger partial charge in [-0.25, -0.2) is 0 Å². The molecule has 2 aromatic carbocycles. The smallest absolute Gasteiger partial charge is 0.224 e. The zero-order chi connectivity index (χ0) is 14.4. The predicted octanol–water partition coefficient (Wildman–Crippen LogP) is 3.75. The third-order valence-electron chi connectivity index (χ3n) is 3.08. The highest BCUT2D eigenvalue weighted by molar-refractivity contribution is 9.08. The molecule has 0 radical (unpaired) electrons. The molecular weight excluding hydrogens is 314 g/mol.